The van der Waals surface area contributed by atoms with E-state index >= 15 is 0 Å². The predicted molar refractivity (Wildman–Crippen MR) is 84.2 cm³/mol. The molecule has 0 fully saturated rings. The van der Waals surface area contributed by atoms with Gasteiger partial charge in [-0.2, -0.15) is 0 Å². The van der Waals surface area contributed by atoms with Gasteiger partial charge in [0.05, 0.1) is 7.11 Å². The molecule has 20 heavy (non-hydrogen) atoms. The first-order chi connectivity index (χ1) is 9.46. The molecule has 0 saturated heterocycles. The van der Waals surface area contributed by atoms with Crippen LogP contribution in [0.2, 0.25) is 0 Å². The van der Waals surface area contributed by atoms with Crippen molar-refractivity contribution in [1.82, 2.24) is 0 Å². The molecule has 0 spiro atoms. The second kappa shape index (κ2) is 5.58. The van der Waals surface area contributed by atoms with Crippen LogP contribution in [-0.2, 0) is 0 Å². The third kappa shape index (κ3) is 2.96. The van der Waals surface area contributed by atoms with Crippen LogP contribution in [0.1, 0.15) is 33.3 Å². The summed E-state index contributed by atoms with van der Waals surface area (Å²) in [6.07, 6.45) is 8.49. The van der Waals surface area contributed by atoms with Gasteiger partial charge in [0.25, 0.3) is 0 Å². The highest BCUT2D eigenvalue weighted by atomic mass is 16.5. The summed E-state index contributed by atoms with van der Waals surface area (Å²) in [5.41, 5.74) is 3.12. The number of fused-ring (bicyclic) bond motifs is 1. The first kappa shape index (κ1) is 14.4. The zero-order valence-electron chi connectivity index (χ0n) is 12.9. The fourth-order valence-electron chi connectivity index (χ4n) is 2.10. The summed E-state index contributed by atoms with van der Waals surface area (Å²) in [6.45, 7) is 8.30. The van der Waals surface area contributed by atoms with Crippen molar-refractivity contribution in [3.05, 3.63) is 53.1 Å². The molecule has 0 atom stereocenters. The van der Waals surface area contributed by atoms with E-state index in [-0.39, 0.29) is 5.60 Å². The summed E-state index contributed by atoms with van der Waals surface area (Å²) in [5.74, 6) is 1.74. The number of hydrogen-bond acceptors (Lipinski definition) is 2. The Morgan fingerprint density at radius 3 is 2.70 bits per heavy atom. The van der Waals surface area contributed by atoms with Crippen molar-refractivity contribution in [1.29, 1.82) is 0 Å². The molecule has 1 aliphatic heterocycles. The Labute approximate surface area is 121 Å². The van der Waals surface area contributed by atoms with Gasteiger partial charge in [-0.05, 0) is 57.5 Å². The molecule has 0 saturated carbocycles. The van der Waals surface area contributed by atoms with Gasteiger partial charge in [0, 0.05) is 5.56 Å². The highest BCUT2D eigenvalue weighted by Gasteiger charge is 2.28. The van der Waals surface area contributed by atoms with Gasteiger partial charge in [0.15, 0.2) is 0 Å². The summed E-state index contributed by atoms with van der Waals surface area (Å²) in [5, 5.41) is 0. The molecule has 0 radical (unpaired) electrons. The fourth-order valence-corrected chi connectivity index (χ4v) is 2.10. The van der Waals surface area contributed by atoms with Gasteiger partial charge in [-0.25, -0.2) is 0 Å². The molecule has 106 valence electrons. The Hall–Kier alpha value is -1.96. The summed E-state index contributed by atoms with van der Waals surface area (Å²) in [4.78, 5) is 0. The molecule has 1 aromatic rings. The minimum absolute atomic E-state index is 0.327. The maximum Gasteiger partial charge on any atom is 0.128 e. The van der Waals surface area contributed by atoms with Crippen LogP contribution in [0.3, 0.4) is 0 Å². The van der Waals surface area contributed by atoms with Crippen molar-refractivity contribution in [3.8, 4) is 11.5 Å². The van der Waals surface area contributed by atoms with Crippen molar-refractivity contribution >= 4 is 6.08 Å². The molecule has 0 aliphatic carbocycles. The van der Waals surface area contributed by atoms with Crippen LogP contribution in [0.25, 0.3) is 6.08 Å². The number of methoxy groups -OCH3 is 1. The molecule has 2 nitrogen and oxygen atoms in total. The van der Waals surface area contributed by atoms with E-state index in [4.69, 9.17) is 9.47 Å². The molecule has 1 aliphatic rings. The standard InChI is InChI=1S/C18H22O2/c1-6-13(2)7-8-15-11-14-12-16(19-5)9-10-17(14)20-18(15,3)4/h6-12H,1-5H3/b8-7+,13-6+. The van der Waals surface area contributed by atoms with E-state index in [2.05, 4.69) is 45.1 Å². The summed E-state index contributed by atoms with van der Waals surface area (Å²) < 4.78 is 11.4. The van der Waals surface area contributed by atoms with Crippen LogP contribution in [0.15, 0.2) is 47.6 Å². The van der Waals surface area contributed by atoms with Crippen LogP contribution < -0.4 is 9.47 Å². The van der Waals surface area contributed by atoms with Crippen molar-refractivity contribution < 1.29 is 9.47 Å². The summed E-state index contributed by atoms with van der Waals surface area (Å²) >= 11 is 0. The molecular weight excluding hydrogens is 248 g/mol. The van der Waals surface area contributed by atoms with Gasteiger partial charge in [0.1, 0.15) is 17.1 Å². The molecular formula is C18H22O2. The number of hydrogen-bond donors (Lipinski definition) is 0. The predicted octanol–water partition coefficient (Wildman–Crippen LogP) is 4.77. The lowest BCUT2D eigenvalue weighted by Crippen LogP contribution is -2.32. The van der Waals surface area contributed by atoms with E-state index in [1.165, 1.54) is 5.57 Å². The Bertz CT molecular complexity index is 589. The molecule has 0 N–H and O–H groups in total. The second-order valence-corrected chi connectivity index (χ2v) is 5.48. The molecule has 2 heteroatoms. The van der Waals surface area contributed by atoms with Crippen molar-refractivity contribution in [2.24, 2.45) is 0 Å². The SMILES string of the molecule is C/C=C(C)/C=C/C1=Cc2cc(OC)ccc2OC1(C)C. The monoisotopic (exact) mass is 270 g/mol. The van der Waals surface area contributed by atoms with Crippen LogP contribution >= 0.6 is 0 Å². The van der Waals surface area contributed by atoms with E-state index in [1.54, 1.807) is 7.11 Å². The first-order valence-corrected chi connectivity index (χ1v) is 6.86. The maximum atomic E-state index is 6.10. The lowest BCUT2D eigenvalue weighted by Gasteiger charge is -2.32. The Morgan fingerprint density at radius 2 is 2.05 bits per heavy atom. The maximum absolute atomic E-state index is 6.10. The molecule has 0 unspecified atom stereocenters. The summed E-state index contributed by atoms with van der Waals surface area (Å²) in [7, 11) is 1.68. The van der Waals surface area contributed by atoms with Gasteiger partial charge in [-0.15, -0.1) is 0 Å². The Balaban J connectivity index is 2.43. The zero-order chi connectivity index (χ0) is 14.8. The largest absolute Gasteiger partial charge is 0.497 e. The highest BCUT2D eigenvalue weighted by Crippen LogP contribution is 2.37. The lowest BCUT2D eigenvalue weighted by molar-refractivity contribution is 0.149. The smallest absolute Gasteiger partial charge is 0.128 e. The Morgan fingerprint density at radius 1 is 1.30 bits per heavy atom. The van der Waals surface area contributed by atoms with Crippen LogP contribution in [0.5, 0.6) is 11.5 Å². The van der Waals surface area contributed by atoms with Gasteiger partial charge in [0.2, 0.25) is 0 Å². The quantitative estimate of drug-likeness (QED) is 0.736. The molecule has 2 rings (SSSR count). The van der Waals surface area contributed by atoms with Crippen molar-refractivity contribution in [2.75, 3.05) is 7.11 Å². The lowest BCUT2D eigenvalue weighted by atomic mass is 9.91. The highest BCUT2D eigenvalue weighted by molar-refractivity contribution is 5.68. The van der Waals surface area contributed by atoms with E-state index in [0.717, 1.165) is 22.6 Å². The second-order valence-electron chi connectivity index (χ2n) is 5.48. The average Bonchev–Trinajstić information content (AvgIpc) is 2.43. The molecule has 0 aromatic heterocycles. The van der Waals surface area contributed by atoms with Crippen molar-refractivity contribution in [3.63, 3.8) is 0 Å². The van der Waals surface area contributed by atoms with E-state index in [1.807, 2.05) is 25.1 Å². The minimum atomic E-state index is -0.327. The van der Waals surface area contributed by atoms with Gasteiger partial charge in [-0.1, -0.05) is 23.8 Å². The van der Waals surface area contributed by atoms with E-state index < -0.39 is 0 Å². The van der Waals surface area contributed by atoms with Crippen LogP contribution in [-0.4, -0.2) is 12.7 Å². The molecule has 0 amide bonds. The Kier molecular flexibility index (Phi) is 4.03. The van der Waals surface area contributed by atoms with Crippen molar-refractivity contribution in [2.45, 2.75) is 33.3 Å². The van der Waals surface area contributed by atoms with E-state index in [0.29, 0.717) is 0 Å². The first-order valence-electron chi connectivity index (χ1n) is 6.86. The molecule has 1 heterocycles. The van der Waals surface area contributed by atoms with Gasteiger partial charge >= 0.3 is 0 Å². The summed E-state index contributed by atoms with van der Waals surface area (Å²) in [6, 6.07) is 5.89. The van der Waals surface area contributed by atoms with Crippen LogP contribution in [0.4, 0.5) is 0 Å². The minimum Gasteiger partial charge on any atom is -0.497 e. The normalized spacial score (nSPS) is 17.4. The molecule has 1 aromatic carbocycles. The number of ether oxygens (including phenoxy) is 2. The van der Waals surface area contributed by atoms with Crippen LogP contribution in [0, 0.1) is 0 Å². The topological polar surface area (TPSA) is 18.5 Å². The molecule has 0 bridgehead atoms. The average molecular weight is 270 g/mol. The third-order valence-electron chi connectivity index (χ3n) is 3.57. The van der Waals surface area contributed by atoms with Gasteiger partial charge in [-0.3, -0.25) is 0 Å². The van der Waals surface area contributed by atoms with E-state index in [9.17, 15) is 0 Å². The number of allylic oxidation sites excluding steroid dienone is 3. The third-order valence-corrected chi connectivity index (χ3v) is 3.57. The van der Waals surface area contributed by atoms with Gasteiger partial charge < -0.3 is 9.47 Å². The number of benzene rings is 1. The zero-order valence-corrected chi connectivity index (χ0v) is 12.9. The number of rotatable bonds is 3. The fraction of sp³-hybridized carbons (Fsp3) is 0.333.